The van der Waals surface area contributed by atoms with E-state index in [-0.39, 0.29) is 17.9 Å². The minimum absolute atomic E-state index is 0.118. The van der Waals surface area contributed by atoms with E-state index in [0.717, 1.165) is 44.7 Å². The van der Waals surface area contributed by atoms with Gasteiger partial charge >= 0.3 is 0 Å². The second-order valence-corrected chi connectivity index (χ2v) is 5.40. The molecule has 112 valence electrons. The topological polar surface area (TPSA) is 42.7 Å². The van der Waals surface area contributed by atoms with Crippen LogP contribution in [0, 0.1) is 5.92 Å². The number of nitrogens with zero attached hydrogens (tertiary/aromatic N) is 1. The van der Waals surface area contributed by atoms with Crippen molar-refractivity contribution in [3.8, 4) is 0 Å². The Kier molecular flexibility index (Phi) is 5.65. The van der Waals surface area contributed by atoms with Gasteiger partial charge < -0.3 is 14.1 Å². The summed E-state index contributed by atoms with van der Waals surface area (Å²) in [7, 11) is 0. The number of carbonyl (C=O) groups is 1. The Balaban J connectivity index is 2.11. The molecular formula is C16H25NO3. The highest BCUT2D eigenvalue weighted by Gasteiger charge is 2.29. The Morgan fingerprint density at radius 3 is 2.60 bits per heavy atom. The number of furan rings is 1. The van der Waals surface area contributed by atoms with E-state index in [2.05, 4.69) is 13.8 Å². The second kappa shape index (κ2) is 7.48. The van der Waals surface area contributed by atoms with Crippen LogP contribution < -0.4 is 0 Å². The number of carbonyl (C=O) groups excluding carboxylic acids is 1. The molecular weight excluding hydrogens is 254 g/mol. The fourth-order valence-electron chi connectivity index (χ4n) is 2.83. The number of hydrogen-bond donors (Lipinski definition) is 0. The van der Waals surface area contributed by atoms with Crippen LogP contribution in [-0.4, -0.2) is 30.1 Å². The van der Waals surface area contributed by atoms with Gasteiger partial charge in [-0.2, -0.15) is 0 Å². The first-order valence-electron chi connectivity index (χ1n) is 7.66. The molecule has 1 aromatic rings. The fraction of sp³-hybridized carbons (Fsp3) is 0.688. The van der Waals surface area contributed by atoms with E-state index in [0.29, 0.717) is 6.54 Å². The summed E-state index contributed by atoms with van der Waals surface area (Å²) in [4.78, 5) is 14.8. The third-order valence-electron chi connectivity index (χ3n) is 4.16. The van der Waals surface area contributed by atoms with Crippen LogP contribution in [0.25, 0.3) is 0 Å². The molecule has 1 saturated heterocycles. The van der Waals surface area contributed by atoms with Gasteiger partial charge in [0.2, 0.25) is 5.91 Å². The summed E-state index contributed by atoms with van der Waals surface area (Å²) in [6.45, 7) is 6.24. The minimum Gasteiger partial charge on any atom is -0.467 e. The summed E-state index contributed by atoms with van der Waals surface area (Å²) in [5.74, 6) is 1.24. The Hall–Kier alpha value is -1.29. The van der Waals surface area contributed by atoms with E-state index >= 15 is 0 Å². The van der Waals surface area contributed by atoms with Gasteiger partial charge in [-0.1, -0.05) is 13.8 Å². The van der Waals surface area contributed by atoms with Crippen molar-refractivity contribution < 1.29 is 13.9 Å². The van der Waals surface area contributed by atoms with Gasteiger partial charge in [-0.15, -0.1) is 0 Å². The highest BCUT2D eigenvalue weighted by Crippen LogP contribution is 2.22. The third-order valence-corrected chi connectivity index (χ3v) is 4.16. The first kappa shape index (κ1) is 15.1. The summed E-state index contributed by atoms with van der Waals surface area (Å²) < 4.78 is 10.8. The second-order valence-electron chi connectivity index (χ2n) is 5.40. The average Bonchev–Trinajstić information content (AvgIpc) is 3.00. The summed E-state index contributed by atoms with van der Waals surface area (Å²) >= 11 is 0. The van der Waals surface area contributed by atoms with Gasteiger partial charge in [-0.25, -0.2) is 0 Å². The highest BCUT2D eigenvalue weighted by molar-refractivity contribution is 5.79. The molecule has 1 aliphatic rings. The van der Waals surface area contributed by atoms with E-state index in [1.165, 1.54) is 0 Å². The summed E-state index contributed by atoms with van der Waals surface area (Å²) in [5, 5.41) is 0. The molecule has 0 atom stereocenters. The first-order valence-corrected chi connectivity index (χ1v) is 7.66. The van der Waals surface area contributed by atoms with Crippen LogP contribution in [-0.2, 0) is 16.1 Å². The van der Waals surface area contributed by atoms with Crippen molar-refractivity contribution >= 4 is 5.91 Å². The third kappa shape index (κ3) is 3.63. The molecule has 0 N–H and O–H groups in total. The summed E-state index contributed by atoms with van der Waals surface area (Å²) in [6.07, 6.45) is 5.30. The van der Waals surface area contributed by atoms with E-state index in [1.807, 2.05) is 17.0 Å². The Morgan fingerprint density at radius 2 is 2.05 bits per heavy atom. The van der Waals surface area contributed by atoms with Crippen LogP contribution in [0.1, 0.15) is 45.3 Å². The van der Waals surface area contributed by atoms with Gasteiger partial charge in [0.05, 0.1) is 12.8 Å². The predicted octanol–water partition coefficient (Wildman–Crippen LogP) is 3.22. The molecule has 1 fully saturated rings. The van der Waals surface area contributed by atoms with E-state index in [1.54, 1.807) is 6.26 Å². The summed E-state index contributed by atoms with van der Waals surface area (Å²) in [5.41, 5.74) is 0. The molecule has 2 rings (SSSR count). The molecule has 4 heteroatoms. The zero-order valence-corrected chi connectivity index (χ0v) is 12.5. The number of hydrogen-bond acceptors (Lipinski definition) is 3. The van der Waals surface area contributed by atoms with Crippen LogP contribution in [0.5, 0.6) is 0 Å². The van der Waals surface area contributed by atoms with Crippen LogP contribution in [0.3, 0.4) is 0 Å². The first-order chi connectivity index (χ1) is 9.76. The normalized spacial score (nSPS) is 16.6. The Morgan fingerprint density at radius 1 is 1.35 bits per heavy atom. The standard InChI is InChI=1S/C16H25NO3/c1-3-13(4-2)16(18)17(12-15-6-5-9-20-15)14-7-10-19-11-8-14/h5-6,9,13-14H,3-4,7-8,10-12H2,1-2H3. The SMILES string of the molecule is CCC(CC)C(=O)N(Cc1ccco1)C1CCOCC1. The monoisotopic (exact) mass is 279 g/mol. The maximum absolute atomic E-state index is 12.8. The van der Waals surface area contributed by atoms with Crippen molar-refractivity contribution in [2.75, 3.05) is 13.2 Å². The molecule has 0 bridgehead atoms. The molecule has 0 aliphatic carbocycles. The molecule has 1 aliphatic heterocycles. The molecule has 2 heterocycles. The fourth-order valence-corrected chi connectivity index (χ4v) is 2.83. The molecule has 0 saturated carbocycles. The van der Waals surface area contributed by atoms with Crippen LogP contribution >= 0.6 is 0 Å². The minimum atomic E-state index is 0.118. The molecule has 1 aromatic heterocycles. The molecule has 1 amide bonds. The van der Waals surface area contributed by atoms with E-state index in [4.69, 9.17) is 9.15 Å². The molecule has 4 nitrogen and oxygen atoms in total. The maximum Gasteiger partial charge on any atom is 0.226 e. The van der Waals surface area contributed by atoms with Crippen LogP contribution in [0.15, 0.2) is 22.8 Å². The Bertz CT molecular complexity index is 392. The molecule has 0 spiro atoms. The van der Waals surface area contributed by atoms with Gasteiger partial charge in [0.15, 0.2) is 0 Å². The number of amides is 1. The zero-order valence-electron chi connectivity index (χ0n) is 12.5. The largest absolute Gasteiger partial charge is 0.467 e. The lowest BCUT2D eigenvalue weighted by atomic mass is 9.98. The van der Waals surface area contributed by atoms with Crippen LogP contribution in [0.4, 0.5) is 0 Å². The van der Waals surface area contributed by atoms with Gasteiger partial charge in [0.1, 0.15) is 5.76 Å². The predicted molar refractivity (Wildman–Crippen MR) is 77.2 cm³/mol. The van der Waals surface area contributed by atoms with Crippen molar-refractivity contribution in [1.82, 2.24) is 4.90 Å². The van der Waals surface area contributed by atoms with Crippen molar-refractivity contribution in [3.05, 3.63) is 24.2 Å². The average molecular weight is 279 g/mol. The zero-order chi connectivity index (χ0) is 14.4. The maximum atomic E-state index is 12.8. The smallest absolute Gasteiger partial charge is 0.226 e. The van der Waals surface area contributed by atoms with E-state index < -0.39 is 0 Å². The van der Waals surface area contributed by atoms with Crippen molar-refractivity contribution in [2.24, 2.45) is 5.92 Å². The van der Waals surface area contributed by atoms with E-state index in [9.17, 15) is 4.79 Å². The lowest BCUT2D eigenvalue weighted by Gasteiger charge is -2.35. The van der Waals surface area contributed by atoms with Crippen molar-refractivity contribution in [1.29, 1.82) is 0 Å². The van der Waals surface area contributed by atoms with Crippen molar-refractivity contribution in [3.63, 3.8) is 0 Å². The highest BCUT2D eigenvalue weighted by atomic mass is 16.5. The lowest BCUT2D eigenvalue weighted by Crippen LogP contribution is -2.45. The summed E-state index contributed by atoms with van der Waals surface area (Å²) in [6, 6.07) is 4.09. The molecule has 0 unspecified atom stereocenters. The molecule has 0 radical (unpaired) electrons. The number of ether oxygens (including phenoxy) is 1. The van der Waals surface area contributed by atoms with Crippen LogP contribution in [0.2, 0.25) is 0 Å². The van der Waals surface area contributed by atoms with Gasteiger partial charge in [-0.05, 0) is 37.8 Å². The quantitative estimate of drug-likeness (QED) is 0.803. The number of rotatable bonds is 6. The Labute approximate surface area is 121 Å². The lowest BCUT2D eigenvalue weighted by molar-refractivity contribution is -0.141. The molecule has 20 heavy (non-hydrogen) atoms. The van der Waals surface area contributed by atoms with Crippen molar-refractivity contribution in [2.45, 2.75) is 52.1 Å². The van der Waals surface area contributed by atoms with Gasteiger partial charge in [0, 0.05) is 25.2 Å². The van der Waals surface area contributed by atoms with Gasteiger partial charge in [-0.3, -0.25) is 4.79 Å². The molecule has 0 aromatic carbocycles. The van der Waals surface area contributed by atoms with Gasteiger partial charge in [0.25, 0.3) is 0 Å².